The summed E-state index contributed by atoms with van der Waals surface area (Å²) in [6, 6.07) is -1.13. The number of urea groups is 1. The first kappa shape index (κ1) is 16.1. The van der Waals surface area contributed by atoms with Crippen molar-refractivity contribution in [3.05, 3.63) is 0 Å². The summed E-state index contributed by atoms with van der Waals surface area (Å²) in [7, 11) is -3.26. The summed E-state index contributed by atoms with van der Waals surface area (Å²) in [5, 5.41) is 11.7. The normalized spacial score (nSPS) is 26.1. The van der Waals surface area contributed by atoms with Gasteiger partial charge in [-0.2, -0.15) is 0 Å². The van der Waals surface area contributed by atoms with Gasteiger partial charge in [-0.05, 0) is 24.7 Å². The van der Waals surface area contributed by atoms with E-state index >= 15 is 0 Å². The van der Waals surface area contributed by atoms with E-state index in [4.69, 9.17) is 5.11 Å². The molecule has 21 heavy (non-hydrogen) atoms. The number of sulfone groups is 1. The first-order chi connectivity index (χ1) is 9.77. The van der Waals surface area contributed by atoms with Crippen LogP contribution in [0, 0.1) is 5.41 Å². The minimum Gasteiger partial charge on any atom is -0.481 e. The Labute approximate surface area is 124 Å². The van der Waals surface area contributed by atoms with E-state index in [2.05, 4.69) is 12.2 Å². The molecule has 0 aromatic heterocycles. The van der Waals surface area contributed by atoms with Gasteiger partial charge in [0.05, 0.1) is 24.0 Å². The molecule has 0 radical (unpaired) electrons. The van der Waals surface area contributed by atoms with Crippen molar-refractivity contribution in [2.45, 2.75) is 38.6 Å². The number of carboxylic acids is 1. The highest BCUT2D eigenvalue weighted by molar-refractivity contribution is 7.91. The number of nitrogens with zero attached hydrogens (tertiary/aromatic N) is 1. The molecule has 1 aliphatic carbocycles. The fraction of sp³-hybridized carbons (Fsp3) is 0.846. The van der Waals surface area contributed by atoms with E-state index in [0.717, 1.165) is 19.3 Å². The molecule has 8 heteroatoms. The lowest BCUT2D eigenvalue weighted by atomic mass is 10.0. The van der Waals surface area contributed by atoms with E-state index in [-0.39, 0.29) is 35.9 Å². The van der Waals surface area contributed by atoms with Gasteiger partial charge in [-0.25, -0.2) is 13.2 Å². The van der Waals surface area contributed by atoms with Gasteiger partial charge in [-0.15, -0.1) is 0 Å². The van der Waals surface area contributed by atoms with Crippen LogP contribution in [0.2, 0.25) is 0 Å². The lowest BCUT2D eigenvalue weighted by molar-refractivity contribution is -0.138. The molecule has 1 saturated heterocycles. The average Bonchev–Trinajstić information content (AvgIpc) is 3.15. The highest BCUT2D eigenvalue weighted by atomic mass is 32.2. The second-order valence-electron chi connectivity index (χ2n) is 6.07. The minimum atomic E-state index is -3.26. The first-order valence-corrected chi connectivity index (χ1v) is 9.06. The highest BCUT2D eigenvalue weighted by Gasteiger charge is 2.42. The number of carboxylic acid groups (broad SMARTS) is 1. The summed E-state index contributed by atoms with van der Waals surface area (Å²) in [4.78, 5) is 24.4. The Kier molecular flexibility index (Phi) is 4.46. The van der Waals surface area contributed by atoms with Crippen LogP contribution in [0.15, 0.2) is 0 Å². The Morgan fingerprint density at radius 1 is 1.38 bits per heavy atom. The van der Waals surface area contributed by atoms with Gasteiger partial charge in [0.2, 0.25) is 0 Å². The molecule has 2 aliphatic rings. The fourth-order valence-corrected chi connectivity index (χ4v) is 4.25. The zero-order chi connectivity index (χ0) is 15.7. The van der Waals surface area contributed by atoms with Crippen LogP contribution in [0.5, 0.6) is 0 Å². The van der Waals surface area contributed by atoms with E-state index < -0.39 is 21.8 Å². The van der Waals surface area contributed by atoms with Crippen molar-refractivity contribution in [1.82, 2.24) is 10.2 Å². The summed E-state index contributed by atoms with van der Waals surface area (Å²) < 4.78 is 23.3. The Hall–Kier alpha value is -1.31. The van der Waals surface area contributed by atoms with E-state index in [1.165, 1.54) is 4.90 Å². The third-order valence-electron chi connectivity index (χ3n) is 4.52. The van der Waals surface area contributed by atoms with Crippen molar-refractivity contribution in [3.8, 4) is 0 Å². The molecule has 1 aliphatic heterocycles. The Morgan fingerprint density at radius 2 is 2.05 bits per heavy atom. The molecule has 0 bridgehead atoms. The van der Waals surface area contributed by atoms with Crippen molar-refractivity contribution < 1.29 is 23.1 Å². The summed E-state index contributed by atoms with van der Waals surface area (Å²) in [5.41, 5.74) is 0.194. The molecule has 1 unspecified atom stereocenters. The largest absolute Gasteiger partial charge is 0.481 e. The van der Waals surface area contributed by atoms with E-state index in [0.29, 0.717) is 6.54 Å². The van der Waals surface area contributed by atoms with Crippen LogP contribution in [0.4, 0.5) is 4.79 Å². The number of hydrogen-bond acceptors (Lipinski definition) is 4. The summed E-state index contributed by atoms with van der Waals surface area (Å²) >= 11 is 0. The lowest BCUT2D eigenvalue weighted by Crippen LogP contribution is -2.55. The van der Waals surface area contributed by atoms with Crippen molar-refractivity contribution in [2.75, 3.05) is 24.6 Å². The minimum absolute atomic E-state index is 0.0608. The average molecular weight is 318 g/mol. The standard InChI is InChI=1S/C13H22N2O5S/c1-2-13(3-4-13)9-14-12(18)15-5-6-21(19,20)8-10(15)7-11(16)17/h10H,2-9H2,1H3,(H,14,18)(H,16,17). The van der Waals surface area contributed by atoms with Gasteiger partial charge in [0.25, 0.3) is 0 Å². The van der Waals surface area contributed by atoms with Crippen molar-refractivity contribution in [3.63, 3.8) is 0 Å². The molecule has 0 aromatic carbocycles. The first-order valence-electron chi connectivity index (χ1n) is 7.24. The molecule has 7 nitrogen and oxygen atoms in total. The molecular formula is C13H22N2O5S. The smallest absolute Gasteiger partial charge is 0.317 e. The number of aliphatic carboxylic acids is 1. The topological polar surface area (TPSA) is 104 Å². The molecule has 0 spiro atoms. The van der Waals surface area contributed by atoms with Gasteiger partial charge in [0.15, 0.2) is 9.84 Å². The Bertz CT molecular complexity index is 527. The van der Waals surface area contributed by atoms with Crippen LogP contribution in [0.3, 0.4) is 0 Å². The molecule has 1 saturated carbocycles. The van der Waals surface area contributed by atoms with Gasteiger partial charge < -0.3 is 15.3 Å². The molecular weight excluding hydrogens is 296 g/mol. The molecule has 2 fully saturated rings. The highest BCUT2D eigenvalue weighted by Crippen LogP contribution is 2.47. The number of nitrogens with one attached hydrogen (secondary N) is 1. The number of rotatable bonds is 5. The van der Waals surface area contributed by atoms with Crippen LogP contribution in [0.1, 0.15) is 32.6 Å². The van der Waals surface area contributed by atoms with Gasteiger partial charge in [-0.3, -0.25) is 4.79 Å². The molecule has 0 aromatic rings. The maximum Gasteiger partial charge on any atom is 0.317 e. The van der Waals surface area contributed by atoms with Crippen LogP contribution < -0.4 is 5.32 Å². The zero-order valence-electron chi connectivity index (χ0n) is 12.2. The molecule has 2 amide bonds. The lowest BCUT2D eigenvalue weighted by Gasteiger charge is -2.35. The van der Waals surface area contributed by atoms with Gasteiger partial charge in [-0.1, -0.05) is 6.92 Å². The quantitative estimate of drug-likeness (QED) is 0.766. The summed E-state index contributed by atoms with van der Waals surface area (Å²) in [5.74, 6) is -1.47. The van der Waals surface area contributed by atoms with E-state index in [9.17, 15) is 18.0 Å². The SMILES string of the molecule is CCC1(CNC(=O)N2CCS(=O)(=O)CC2CC(=O)O)CC1. The third-order valence-corrected chi connectivity index (χ3v) is 6.22. The zero-order valence-corrected chi connectivity index (χ0v) is 13.0. The van der Waals surface area contributed by atoms with Crippen LogP contribution in [-0.2, 0) is 14.6 Å². The monoisotopic (exact) mass is 318 g/mol. The summed E-state index contributed by atoms with van der Waals surface area (Å²) in [6.07, 6.45) is 2.85. The van der Waals surface area contributed by atoms with Crippen LogP contribution in [-0.4, -0.2) is 61.1 Å². The van der Waals surface area contributed by atoms with Gasteiger partial charge >= 0.3 is 12.0 Å². The second kappa shape index (κ2) is 5.82. The third kappa shape index (κ3) is 4.09. The maximum atomic E-state index is 12.2. The number of carbonyl (C=O) groups is 2. The van der Waals surface area contributed by atoms with Crippen molar-refractivity contribution >= 4 is 21.8 Å². The second-order valence-corrected chi connectivity index (χ2v) is 8.30. The van der Waals surface area contributed by atoms with Crippen molar-refractivity contribution in [2.24, 2.45) is 5.41 Å². The number of carbonyl (C=O) groups excluding carboxylic acids is 1. The van der Waals surface area contributed by atoms with Crippen molar-refractivity contribution in [1.29, 1.82) is 0 Å². The Balaban J connectivity index is 1.98. The molecule has 2 N–H and O–H groups in total. The van der Waals surface area contributed by atoms with Gasteiger partial charge in [0.1, 0.15) is 0 Å². The molecule has 2 rings (SSSR count). The fourth-order valence-electron chi connectivity index (χ4n) is 2.72. The number of amides is 2. The molecule has 1 heterocycles. The summed E-state index contributed by atoms with van der Waals surface area (Å²) in [6.45, 7) is 2.72. The van der Waals surface area contributed by atoms with Crippen LogP contribution in [0.25, 0.3) is 0 Å². The van der Waals surface area contributed by atoms with E-state index in [1.54, 1.807) is 0 Å². The molecule has 1 atom stereocenters. The maximum absolute atomic E-state index is 12.2. The van der Waals surface area contributed by atoms with Crippen LogP contribution >= 0.6 is 0 Å². The predicted molar refractivity (Wildman–Crippen MR) is 76.8 cm³/mol. The predicted octanol–water partition coefficient (Wildman–Crippen LogP) is 0.460. The van der Waals surface area contributed by atoms with Gasteiger partial charge in [0, 0.05) is 13.1 Å². The van der Waals surface area contributed by atoms with E-state index in [1.807, 2.05) is 0 Å². The molecule has 120 valence electrons. The Morgan fingerprint density at radius 3 is 2.57 bits per heavy atom. The number of hydrogen-bond donors (Lipinski definition) is 2.